The van der Waals surface area contributed by atoms with Crippen molar-refractivity contribution in [1.29, 1.82) is 0 Å². The standard InChI is InChI=1S/C23H25FN2O2S/c24-18-5-11-21(12-6-18)29-14-13-22(27)26(20-9-10-20)15-16-1-3-17(4-2-16)23(28)25-19-7-8-19/h1-6,11-12,19-20H,7-10,13-15H2,(H,25,28). The van der Waals surface area contributed by atoms with Crippen LogP contribution in [0.3, 0.4) is 0 Å². The van der Waals surface area contributed by atoms with Crippen LogP contribution in [0.4, 0.5) is 4.39 Å². The zero-order chi connectivity index (χ0) is 20.2. The van der Waals surface area contributed by atoms with Crippen LogP contribution in [0.1, 0.15) is 48.0 Å². The van der Waals surface area contributed by atoms with Crippen molar-refractivity contribution in [2.24, 2.45) is 0 Å². The van der Waals surface area contributed by atoms with Gasteiger partial charge in [-0.3, -0.25) is 9.59 Å². The van der Waals surface area contributed by atoms with Gasteiger partial charge in [-0.2, -0.15) is 0 Å². The summed E-state index contributed by atoms with van der Waals surface area (Å²) >= 11 is 1.57. The molecule has 0 aromatic heterocycles. The van der Waals surface area contributed by atoms with Crippen LogP contribution in [0.25, 0.3) is 0 Å². The van der Waals surface area contributed by atoms with E-state index in [9.17, 15) is 14.0 Å². The van der Waals surface area contributed by atoms with Crippen molar-refractivity contribution in [3.63, 3.8) is 0 Å². The molecule has 0 radical (unpaired) electrons. The highest BCUT2D eigenvalue weighted by molar-refractivity contribution is 7.99. The smallest absolute Gasteiger partial charge is 0.251 e. The molecule has 2 aromatic carbocycles. The second-order valence-corrected chi connectivity index (χ2v) is 8.92. The molecule has 0 aliphatic heterocycles. The van der Waals surface area contributed by atoms with Crippen molar-refractivity contribution in [3.05, 3.63) is 65.5 Å². The molecule has 2 aromatic rings. The predicted molar refractivity (Wildman–Crippen MR) is 112 cm³/mol. The van der Waals surface area contributed by atoms with Crippen LogP contribution in [-0.4, -0.2) is 34.6 Å². The largest absolute Gasteiger partial charge is 0.349 e. The highest BCUT2D eigenvalue weighted by Gasteiger charge is 2.32. The average molecular weight is 413 g/mol. The number of hydrogen-bond acceptors (Lipinski definition) is 3. The summed E-state index contributed by atoms with van der Waals surface area (Å²) < 4.78 is 13.0. The molecule has 2 aliphatic carbocycles. The van der Waals surface area contributed by atoms with Gasteiger partial charge in [0.05, 0.1) is 0 Å². The molecule has 29 heavy (non-hydrogen) atoms. The summed E-state index contributed by atoms with van der Waals surface area (Å²) in [6.45, 7) is 0.579. The van der Waals surface area contributed by atoms with E-state index < -0.39 is 0 Å². The number of carbonyl (C=O) groups excluding carboxylic acids is 2. The van der Waals surface area contributed by atoms with Gasteiger partial charge in [-0.1, -0.05) is 12.1 Å². The minimum Gasteiger partial charge on any atom is -0.349 e. The summed E-state index contributed by atoms with van der Waals surface area (Å²) in [5.41, 5.74) is 1.71. The van der Waals surface area contributed by atoms with E-state index in [2.05, 4.69) is 5.32 Å². The lowest BCUT2D eigenvalue weighted by Crippen LogP contribution is -2.32. The monoisotopic (exact) mass is 412 g/mol. The number of nitrogens with one attached hydrogen (secondary N) is 1. The summed E-state index contributed by atoms with van der Waals surface area (Å²) in [7, 11) is 0. The molecule has 4 nitrogen and oxygen atoms in total. The van der Waals surface area contributed by atoms with E-state index in [-0.39, 0.29) is 17.6 Å². The Hall–Kier alpha value is -2.34. The SMILES string of the molecule is O=C(NC1CC1)c1ccc(CN(C(=O)CCSc2ccc(F)cc2)C2CC2)cc1. The van der Waals surface area contributed by atoms with Crippen LogP contribution < -0.4 is 5.32 Å². The first kappa shape index (κ1) is 20.0. The average Bonchev–Trinajstić information content (AvgIpc) is 3.63. The quantitative estimate of drug-likeness (QED) is 0.622. The van der Waals surface area contributed by atoms with Crippen LogP contribution in [-0.2, 0) is 11.3 Å². The molecule has 0 heterocycles. The van der Waals surface area contributed by atoms with Crippen LogP contribution >= 0.6 is 11.8 Å². The normalized spacial score (nSPS) is 15.8. The molecule has 6 heteroatoms. The lowest BCUT2D eigenvalue weighted by molar-refractivity contribution is -0.131. The van der Waals surface area contributed by atoms with E-state index in [1.54, 1.807) is 23.9 Å². The fourth-order valence-corrected chi connectivity index (χ4v) is 4.03. The van der Waals surface area contributed by atoms with Crippen molar-refractivity contribution in [1.82, 2.24) is 10.2 Å². The molecule has 2 amide bonds. The predicted octanol–water partition coefficient (Wildman–Crippen LogP) is 4.39. The molecule has 2 saturated carbocycles. The lowest BCUT2D eigenvalue weighted by atomic mass is 10.1. The van der Waals surface area contributed by atoms with Gasteiger partial charge in [-0.15, -0.1) is 11.8 Å². The fourth-order valence-electron chi connectivity index (χ4n) is 3.19. The molecule has 2 aliphatic rings. The Morgan fingerprint density at radius 3 is 2.31 bits per heavy atom. The molecule has 1 N–H and O–H groups in total. The third-order valence-electron chi connectivity index (χ3n) is 5.19. The van der Waals surface area contributed by atoms with Crippen LogP contribution in [0.15, 0.2) is 53.4 Å². The third-order valence-corrected chi connectivity index (χ3v) is 6.20. The van der Waals surface area contributed by atoms with Gasteiger partial charge in [0.1, 0.15) is 5.82 Å². The van der Waals surface area contributed by atoms with Crippen molar-refractivity contribution in [3.8, 4) is 0 Å². The second-order valence-electron chi connectivity index (χ2n) is 7.75. The Morgan fingerprint density at radius 1 is 1.00 bits per heavy atom. The number of benzene rings is 2. The molecule has 0 bridgehead atoms. The molecule has 2 fully saturated rings. The Labute approximate surface area is 174 Å². The van der Waals surface area contributed by atoms with Gasteiger partial charge in [0.15, 0.2) is 0 Å². The minimum atomic E-state index is -0.249. The molecule has 152 valence electrons. The Kier molecular flexibility index (Phi) is 6.19. The molecule has 4 rings (SSSR count). The molecule has 0 saturated heterocycles. The topological polar surface area (TPSA) is 49.4 Å². The number of thioether (sulfide) groups is 1. The highest BCUT2D eigenvalue weighted by Crippen LogP contribution is 2.30. The second kappa shape index (κ2) is 8.99. The number of carbonyl (C=O) groups is 2. The van der Waals surface area contributed by atoms with Gasteiger partial charge < -0.3 is 10.2 Å². The highest BCUT2D eigenvalue weighted by atomic mass is 32.2. The first-order valence-corrected chi connectivity index (χ1v) is 11.1. The maximum absolute atomic E-state index is 13.0. The zero-order valence-corrected chi connectivity index (χ0v) is 17.1. The summed E-state index contributed by atoms with van der Waals surface area (Å²) in [4.78, 5) is 27.8. The number of nitrogens with zero attached hydrogens (tertiary/aromatic N) is 1. The Bertz CT molecular complexity index is 861. The maximum Gasteiger partial charge on any atom is 0.251 e. The zero-order valence-electron chi connectivity index (χ0n) is 16.3. The van der Waals surface area contributed by atoms with Crippen molar-refractivity contribution in [2.75, 3.05) is 5.75 Å². The van der Waals surface area contributed by atoms with Crippen LogP contribution in [0.5, 0.6) is 0 Å². The third kappa shape index (κ3) is 5.82. The van der Waals surface area contributed by atoms with Crippen LogP contribution in [0.2, 0.25) is 0 Å². The molecular formula is C23H25FN2O2S. The summed E-state index contributed by atoms with van der Waals surface area (Å²) in [5, 5.41) is 2.99. The van der Waals surface area contributed by atoms with Crippen LogP contribution in [0, 0.1) is 5.82 Å². The number of hydrogen-bond donors (Lipinski definition) is 1. The number of halogens is 1. The van der Waals surface area contributed by atoms with Crippen molar-refractivity contribution < 1.29 is 14.0 Å². The van der Waals surface area contributed by atoms with Gasteiger partial charge >= 0.3 is 0 Å². The summed E-state index contributed by atoms with van der Waals surface area (Å²) in [5.74, 6) is 0.555. The summed E-state index contributed by atoms with van der Waals surface area (Å²) in [6, 6.07) is 14.6. The van der Waals surface area contributed by atoms with E-state index in [0.29, 0.717) is 36.4 Å². The fraction of sp³-hybridized carbons (Fsp3) is 0.391. The number of amides is 2. The molecule has 0 spiro atoms. The van der Waals surface area contributed by atoms with E-state index >= 15 is 0 Å². The van der Waals surface area contributed by atoms with E-state index in [4.69, 9.17) is 0 Å². The first-order valence-electron chi connectivity index (χ1n) is 10.2. The van der Waals surface area contributed by atoms with E-state index in [1.165, 1.54) is 12.1 Å². The van der Waals surface area contributed by atoms with Gasteiger partial charge in [0.25, 0.3) is 5.91 Å². The molecule has 0 atom stereocenters. The van der Waals surface area contributed by atoms with Gasteiger partial charge in [0.2, 0.25) is 5.91 Å². The lowest BCUT2D eigenvalue weighted by Gasteiger charge is -2.23. The molecular weight excluding hydrogens is 387 g/mol. The minimum absolute atomic E-state index is 0.0213. The van der Waals surface area contributed by atoms with Crippen molar-refractivity contribution in [2.45, 2.75) is 55.6 Å². The Morgan fingerprint density at radius 2 is 1.69 bits per heavy atom. The van der Waals surface area contributed by atoms with E-state index in [0.717, 1.165) is 36.1 Å². The summed E-state index contributed by atoms with van der Waals surface area (Å²) in [6.07, 6.45) is 4.71. The van der Waals surface area contributed by atoms with Gasteiger partial charge in [0, 0.05) is 41.3 Å². The first-order chi connectivity index (χ1) is 14.1. The maximum atomic E-state index is 13.0. The van der Waals surface area contributed by atoms with E-state index in [1.807, 2.05) is 29.2 Å². The van der Waals surface area contributed by atoms with Gasteiger partial charge in [-0.25, -0.2) is 4.39 Å². The molecule has 0 unspecified atom stereocenters. The van der Waals surface area contributed by atoms with Crippen molar-refractivity contribution >= 4 is 23.6 Å². The number of rotatable bonds is 9. The van der Waals surface area contributed by atoms with Gasteiger partial charge in [-0.05, 0) is 67.6 Å². The Balaban J connectivity index is 1.29.